The van der Waals surface area contributed by atoms with Gasteiger partial charge < -0.3 is 4.90 Å². The molecule has 1 aliphatic rings. The number of nitriles is 2. The van der Waals surface area contributed by atoms with Crippen molar-refractivity contribution < 1.29 is 0 Å². The van der Waals surface area contributed by atoms with Gasteiger partial charge in [-0.2, -0.15) is 10.5 Å². The molecule has 0 spiro atoms. The number of hydrogen-bond acceptors (Lipinski definition) is 4. The van der Waals surface area contributed by atoms with E-state index < -0.39 is 5.56 Å². The van der Waals surface area contributed by atoms with Crippen LogP contribution in [0.4, 0.5) is 5.82 Å². The van der Waals surface area contributed by atoms with Crippen LogP contribution in [0.3, 0.4) is 0 Å². The van der Waals surface area contributed by atoms with Gasteiger partial charge in [0, 0.05) is 12.6 Å². The number of rotatable bonds is 0. The average molecular weight is 247 g/mol. The van der Waals surface area contributed by atoms with Gasteiger partial charge in [0.1, 0.15) is 23.5 Å². The van der Waals surface area contributed by atoms with E-state index in [1.54, 1.807) is 18.0 Å². The number of aromatic nitrogens is 1. The van der Waals surface area contributed by atoms with E-state index in [1.807, 2.05) is 6.07 Å². The zero-order valence-electron chi connectivity index (χ0n) is 8.94. The Morgan fingerprint density at radius 2 is 2.06 bits per heavy atom. The first-order valence-corrected chi connectivity index (χ1v) is 5.18. The van der Waals surface area contributed by atoms with Crippen LogP contribution in [0.2, 0.25) is 0 Å². The predicted octanol–water partition coefficient (Wildman–Crippen LogP) is 1.08. The van der Waals surface area contributed by atoms with Gasteiger partial charge in [0.15, 0.2) is 0 Å². The number of fused-ring (bicyclic) bond motifs is 1. The highest BCUT2D eigenvalue weighted by atomic mass is 35.5. The summed E-state index contributed by atoms with van der Waals surface area (Å²) in [6.07, 6.45) is 0. The fraction of sp³-hybridized carbons (Fsp3) is 0.182. The Morgan fingerprint density at radius 1 is 1.41 bits per heavy atom. The van der Waals surface area contributed by atoms with E-state index in [2.05, 4.69) is 0 Å². The molecule has 2 heterocycles. The fourth-order valence-electron chi connectivity index (χ4n) is 1.88. The van der Waals surface area contributed by atoms with Gasteiger partial charge >= 0.3 is 0 Å². The van der Waals surface area contributed by atoms with Crippen molar-refractivity contribution in [1.82, 2.24) is 4.57 Å². The van der Waals surface area contributed by atoms with Gasteiger partial charge in [-0.1, -0.05) is 11.6 Å². The van der Waals surface area contributed by atoms with E-state index in [4.69, 9.17) is 22.1 Å². The molecule has 84 valence electrons. The lowest BCUT2D eigenvalue weighted by molar-refractivity contribution is 1.02. The third-order valence-corrected chi connectivity index (χ3v) is 2.84. The van der Waals surface area contributed by atoms with Crippen LogP contribution >= 0.6 is 11.6 Å². The molecule has 6 heteroatoms. The molecule has 0 aliphatic carbocycles. The highest BCUT2D eigenvalue weighted by Gasteiger charge is 2.26. The largest absolute Gasteiger partial charge is 0.354 e. The standard InChI is InChI=1S/C11H7ClN4O/c1-15-6-9(3-12)16-10(15)7(4-13)2-8(5-14)11(16)17/h2-3H,6H2,1H3/b9-3+. The van der Waals surface area contributed by atoms with Gasteiger partial charge in [0.2, 0.25) is 0 Å². The number of likely N-dealkylation sites (N-methyl/N-ethyl adjacent to an activating group) is 1. The second-order valence-electron chi connectivity index (χ2n) is 3.62. The third-order valence-electron chi connectivity index (χ3n) is 2.59. The summed E-state index contributed by atoms with van der Waals surface area (Å²) in [5.74, 6) is 0.475. The predicted molar refractivity (Wildman–Crippen MR) is 63.5 cm³/mol. The maximum Gasteiger partial charge on any atom is 0.274 e. The lowest BCUT2D eigenvalue weighted by atomic mass is 10.2. The molecule has 0 radical (unpaired) electrons. The molecule has 2 rings (SSSR count). The molecule has 1 aliphatic heterocycles. The zero-order chi connectivity index (χ0) is 12.6. The van der Waals surface area contributed by atoms with Crippen molar-refractivity contribution in [1.29, 1.82) is 10.5 Å². The van der Waals surface area contributed by atoms with Crippen molar-refractivity contribution in [2.45, 2.75) is 0 Å². The van der Waals surface area contributed by atoms with E-state index in [9.17, 15) is 4.79 Å². The van der Waals surface area contributed by atoms with Crippen LogP contribution in [0, 0.1) is 22.7 Å². The van der Waals surface area contributed by atoms with Crippen LogP contribution in [0.15, 0.2) is 16.4 Å². The summed E-state index contributed by atoms with van der Waals surface area (Å²) in [5.41, 5.74) is 1.63. The number of anilines is 1. The topological polar surface area (TPSA) is 72.8 Å². The quantitative estimate of drug-likeness (QED) is 0.687. The molecule has 0 N–H and O–H groups in total. The molecule has 0 amide bonds. The third kappa shape index (κ3) is 1.49. The van der Waals surface area contributed by atoms with Crippen molar-refractivity contribution >= 4 is 23.1 Å². The Kier molecular flexibility index (Phi) is 2.63. The van der Waals surface area contributed by atoms with E-state index in [0.717, 1.165) is 0 Å². The maximum atomic E-state index is 12.0. The Hall–Kier alpha value is -2.24. The zero-order valence-corrected chi connectivity index (χ0v) is 9.69. The SMILES string of the molecule is CN1C/C(=C\Cl)n2c1c(C#N)cc(C#N)c2=O. The van der Waals surface area contributed by atoms with Crippen LogP contribution in [0.25, 0.3) is 5.70 Å². The van der Waals surface area contributed by atoms with Crippen LogP contribution in [-0.4, -0.2) is 18.2 Å². The highest BCUT2D eigenvalue weighted by molar-refractivity contribution is 6.27. The van der Waals surface area contributed by atoms with Crippen molar-refractivity contribution in [3.05, 3.63) is 33.1 Å². The van der Waals surface area contributed by atoms with Crippen molar-refractivity contribution in [2.24, 2.45) is 0 Å². The Labute approximate surface area is 102 Å². The Balaban J connectivity index is 2.93. The first-order chi connectivity index (χ1) is 8.13. The van der Waals surface area contributed by atoms with Crippen LogP contribution in [-0.2, 0) is 0 Å². The van der Waals surface area contributed by atoms with Gasteiger partial charge in [-0.15, -0.1) is 0 Å². The monoisotopic (exact) mass is 246 g/mol. The molecule has 5 nitrogen and oxygen atoms in total. The van der Waals surface area contributed by atoms with Crippen LogP contribution in [0.1, 0.15) is 11.1 Å². The smallest absolute Gasteiger partial charge is 0.274 e. The van der Waals surface area contributed by atoms with Crippen molar-refractivity contribution in [3.63, 3.8) is 0 Å². The second-order valence-corrected chi connectivity index (χ2v) is 3.83. The highest BCUT2D eigenvalue weighted by Crippen LogP contribution is 2.28. The van der Waals surface area contributed by atoms with Crippen LogP contribution in [0.5, 0.6) is 0 Å². The molecule has 17 heavy (non-hydrogen) atoms. The molecular formula is C11H7ClN4O. The summed E-state index contributed by atoms with van der Waals surface area (Å²) < 4.78 is 1.31. The molecule has 0 saturated heterocycles. The normalized spacial score (nSPS) is 15.5. The summed E-state index contributed by atoms with van der Waals surface area (Å²) in [5, 5.41) is 17.9. The van der Waals surface area contributed by atoms with E-state index >= 15 is 0 Å². The first-order valence-electron chi connectivity index (χ1n) is 4.75. The Morgan fingerprint density at radius 3 is 2.59 bits per heavy atom. The maximum absolute atomic E-state index is 12.0. The van der Waals surface area contributed by atoms with Gasteiger partial charge in [0.05, 0.1) is 17.8 Å². The van der Waals surface area contributed by atoms with Gasteiger partial charge in [-0.3, -0.25) is 9.36 Å². The van der Waals surface area contributed by atoms with Gasteiger partial charge in [0.25, 0.3) is 5.56 Å². The molecule has 0 fully saturated rings. The summed E-state index contributed by atoms with van der Waals surface area (Å²) in [6, 6.07) is 5.07. The van der Waals surface area contributed by atoms with E-state index in [1.165, 1.54) is 16.2 Å². The van der Waals surface area contributed by atoms with Crippen molar-refractivity contribution in [3.8, 4) is 12.1 Å². The number of hydrogen-bond donors (Lipinski definition) is 0. The second kappa shape index (κ2) is 3.97. The van der Waals surface area contributed by atoms with Gasteiger partial charge in [-0.05, 0) is 6.07 Å². The Bertz CT molecular complexity index is 660. The van der Waals surface area contributed by atoms with E-state index in [0.29, 0.717) is 18.1 Å². The minimum absolute atomic E-state index is 0.0587. The van der Waals surface area contributed by atoms with Gasteiger partial charge in [-0.25, -0.2) is 0 Å². The fourth-order valence-corrected chi connectivity index (χ4v) is 2.05. The molecule has 0 atom stereocenters. The number of pyridine rings is 1. The first kappa shape index (κ1) is 11.3. The molecule has 0 aromatic carbocycles. The van der Waals surface area contributed by atoms with E-state index in [-0.39, 0.29) is 11.1 Å². The van der Waals surface area contributed by atoms with Crippen molar-refractivity contribution in [2.75, 3.05) is 18.5 Å². The number of nitrogens with zero attached hydrogens (tertiary/aromatic N) is 4. The lowest BCUT2D eigenvalue weighted by Crippen LogP contribution is -2.21. The molecule has 0 bridgehead atoms. The minimum atomic E-state index is -0.447. The molecule has 0 unspecified atom stereocenters. The van der Waals surface area contributed by atoms with Crippen LogP contribution < -0.4 is 10.5 Å². The minimum Gasteiger partial charge on any atom is -0.354 e. The molecule has 0 saturated carbocycles. The lowest BCUT2D eigenvalue weighted by Gasteiger charge is -2.11. The summed E-state index contributed by atoms with van der Waals surface area (Å²) in [6.45, 7) is 0.433. The summed E-state index contributed by atoms with van der Waals surface area (Å²) in [7, 11) is 1.76. The number of halogens is 1. The summed E-state index contributed by atoms with van der Waals surface area (Å²) in [4.78, 5) is 13.7. The molecule has 1 aromatic rings. The summed E-state index contributed by atoms with van der Waals surface area (Å²) >= 11 is 5.65. The molecule has 1 aromatic heterocycles. The molecular weight excluding hydrogens is 240 g/mol. The average Bonchev–Trinajstić information content (AvgIpc) is 2.68.